The number of hydrogen-bond donors (Lipinski definition) is 2. The number of oxazole rings is 1. The topological polar surface area (TPSA) is 67.2 Å². The van der Waals surface area contributed by atoms with Gasteiger partial charge in [-0.25, -0.2) is 4.98 Å². The van der Waals surface area contributed by atoms with Crippen molar-refractivity contribution in [2.24, 2.45) is 0 Å². The van der Waals surface area contributed by atoms with Crippen LogP contribution in [0.3, 0.4) is 0 Å². The highest BCUT2D eigenvalue weighted by atomic mass is 16.4. The molecule has 2 aromatic carbocycles. The van der Waals surface area contributed by atoms with Crippen LogP contribution in [0.15, 0.2) is 46.9 Å². The van der Waals surface area contributed by atoms with E-state index < -0.39 is 0 Å². The fourth-order valence-corrected chi connectivity index (χ4v) is 3.34. The standard InChI is InChI=1S/C23H27N3O2/c1-15-12-19(13-16(2)20(15)14-24-4)22(27)25-11-10-21-17(3)28-23(26-21)18-8-6-5-7-9-18/h5-9,12-13,24H,10-11,14H2,1-4H3,(H,25,27). The van der Waals surface area contributed by atoms with E-state index in [1.54, 1.807) is 0 Å². The second-order valence-electron chi connectivity index (χ2n) is 7.01. The van der Waals surface area contributed by atoms with Gasteiger partial charge in [-0.2, -0.15) is 0 Å². The molecule has 0 fully saturated rings. The van der Waals surface area contributed by atoms with Crippen LogP contribution in [0.1, 0.15) is 38.5 Å². The Balaban J connectivity index is 1.62. The first-order valence-electron chi connectivity index (χ1n) is 9.54. The van der Waals surface area contributed by atoms with Crippen molar-refractivity contribution in [3.05, 3.63) is 76.2 Å². The van der Waals surface area contributed by atoms with Gasteiger partial charge in [0.05, 0.1) is 5.69 Å². The minimum Gasteiger partial charge on any atom is -0.441 e. The lowest BCUT2D eigenvalue weighted by atomic mass is 9.99. The van der Waals surface area contributed by atoms with Gasteiger partial charge in [0.1, 0.15) is 5.76 Å². The van der Waals surface area contributed by atoms with E-state index in [1.807, 2.05) is 70.3 Å². The van der Waals surface area contributed by atoms with E-state index in [1.165, 1.54) is 5.56 Å². The Kier molecular flexibility index (Phi) is 6.26. The lowest BCUT2D eigenvalue weighted by Crippen LogP contribution is -2.26. The van der Waals surface area contributed by atoms with Gasteiger partial charge < -0.3 is 15.1 Å². The molecule has 0 aliphatic rings. The molecular weight excluding hydrogens is 350 g/mol. The summed E-state index contributed by atoms with van der Waals surface area (Å²) in [6, 6.07) is 13.7. The molecule has 5 heteroatoms. The summed E-state index contributed by atoms with van der Waals surface area (Å²) < 4.78 is 5.78. The minimum atomic E-state index is -0.0633. The second kappa shape index (κ2) is 8.85. The van der Waals surface area contributed by atoms with E-state index in [-0.39, 0.29) is 5.91 Å². The summed E-state index contributed by atoms with van der Waals surface area (Å²) in [6.07, 6.45) is 0.629. The van der Waals surface area contributed by atoms with Gasteiger partial charge in [-0.3, -0.25) is 4.79 Å². The number of benzene rings is 2. The predicted octanol–water partition coefficient (Wildman–Crippen LogP) is 3.96. The van der Waals surface area contributed by atoms with Crippen LogP contribution < -0.4 is 10.6 Å². The van der Waals surface area contributed by atoms with Crippen LogP contribution in [0, 0.1) is 20.8 Å². The number of nitrogens with zero attached hydrogens (tertiary/aromatic N) is 1. The molecule has 2 N–H and O–H groups in total. The monoisotopic (exact) mass is 377 g/mol. The molecule has 3 rings (SSSR count). The van der Waals surface area contributed by atoms with Crippen LogP contribution in [0.5, 0.6) is 0 Å². The van der Waals surface area contributed by atoms with Crippen LogP contribution >= 0.6 is 0 Å². The number of rotatable bonds is 7. The number of hydrogen-bond acceptors (Lipinski definition) is 4. The zero-order chi connectivity index (χ0) is 20.1. The number of carbonyl (C=O) groups excluding carboxylic acids is 1. The van der Waals surface area contributed by atoms with Gasteiger partial charge in [-0.1, -0.05) is 18.2 Å². The van der Waals surface area contributed by atoms with E-state index in [0.717, 1.165) is 34.7 Å². The van der Waals surface area contributed by atoms with Crippen LogP contribution in [-0.2, 0) is 13.0 Å². The average molecular weight is 377 g/mol. The Morgan fingerprint density at radius 2 is 1.75 bits per heavy atom. The molecule has 0 radical (unpaired) electrons. The summed E-state index contributed by atoms with van der Waals surface area (Å²) in [7, 11) is 1.93. The third-order valence-electron chi connectivity index (χ3n) is 4.87. The highest BCUT2D eigenvalue weighted by molar-refractivity contribution is 5.94. The van der Waals surface area contributed by atoms with E-state index >= 15 is 0 Å². The van der Waals surface area contributed by atoms with Gasteiger partial charge in [0, 0.05) is 30.6 Å². The van der Waals surface area contributed by atoms with Crippen molar-refractivity contribution in [2.45, 2.75) is 33.7 Å². The van der Waals surface area contributed by atoms with Gasteiger partial charge in [0.25, 0.3) is 5.91 Å². The lowest BCUT2D eigenvalue weighted by molar-refractivity contribution is 0.0954. The summed E-state index contributed by atoms with van der Waals surface area (Å²) >= 11 is 0. The highest BCUT2D eigenvalue weighted by Gasteiger charge is 2.13. The van der Waals surface area contributed by atoms with Crippen molar-refractivity contribution in [3.8, 4) is 11.5 Å². The summed E-state index contributed by atoms with van der Waals surface area (Å²) in [5.74, 6) is 1.34. The van der Waals surface area contributed by atoms with Gasteiger partial charge in [0.15, 0.2) is 0 Å². The largest absolute Gasteiger partial charge is 0.441 e. The van der Waals surface area contributed by atoms with Crippen LogP contribution in [0.2, 0.25) is 0 Å². The second-order valence-corrected chi connectivity index (χ2v) is 7.01. The van der Waals surface area contributed by atoms with Crippen molar-refractivity contribution in [3.63, 3.8) is 0 Å². The summed E-state index contributed by atoms with van der Waals surface area (Å²) in [4.78, 5) is 17.1. The molecule has 0 saturated carbocycles. The third kappa shape index (κ3) is 4.49. The molecular formula is C23H27N3O2. The van der Waals surface area contributed by atoms with E-state index in [9.17, 15) is 4.79 Å². The molecule has 1 aromatic heterocycles. The molecule has 0 unspecified atom stereocenters. The van der Waals surface area contributed by atoms with Gasteiger partial charge in [-0.05, 0) is 68.8 Å². The molecule has 1 amide bonds. The third-order valence-corrected chi connectivity index (χ3v) is 4.87. The maximum Gasteiger partial charge on any atom is 0.251 e. The van der Waals surface area contributed by atoms with Crippen LogP contribution in [-0.4, -0.2) is 24.5 Å². The number of aryl methyl sites for hydroxylation is 3. The van der Waals surface area contributed by atoms with Crippen molar-refractivity contribution in [1.29, 1.82) is 0 Å². The zero-order valence-corrected chi connectivity index (χ0v) is 16.9. The average Bonchev–Trinajstić information content (AvgIpc) is 3.06. The van der Waals surface area contributed by atoms with Gasteiger partial charge >= 0.3 is 0 Å². The highest BCUT2D eigenvalue weighted by Crippen LogP contribution is 2.21. The smallest absolute Gasteiger partial charge is 0.251 e. The molecule has 28 heavy (non-hydrogen) atoms. The minimum absolute atomic E-state index is 0.0633. The fourth-order valence-electron chi connectivity index (χ4n) is 3.34. The molecule has 3 aromatic rings. The molecule has 0 saturated heterocycles. The first-order chi connectivity index (χ1) is 13.5. The molecule has 146 valence electrons. The predicted molar refractivity (Wildman–Crippen MR) is 111 cm³/mol. The maximum atomic E-state index is 12.5. The molecule has 0 bridgehead atoms. The Morgan fingerprint density at radius 1 is 1.07 bits per heavy atom. The first kappa shape index (κ1) is 19.8. The zero-order valence-electron chi connectivity index (χ0n) is 16.9. The summed E-state index contributed by atoms with van der Waals surface area (Å²) in [6.45, 7) is 7.30. The van der Waals surface area contributed by atoms with E-state index in [0.29, 0.717) is 24.4 Å². The van der Waals surface area contributed by atoms with Crippen molar-refractivity contribution in [2.75, 3.05) is 13.6 Å². The van der Waals surface area contributed by atoms with Crippen molar-refractivity contribution >= 4 is 5.91 Å². The van der Waals surface area contributed by atoms with E-state index in [2.05, 4.69) is 15.6 Å². The normalized spacial score (nSPS) is 10.9. The number of aromatic nitrogens is 1. The molecule has 0 aliphatic carbocycles. The maximum absolute atomic E-state index is 12.5. The first-order valence-corrected chi connectivity index (χ1v) is 9.54. The molecule has 5 nitrogen and oxygen atoms in total. The van der Waals surface area contributed by atoms with Gasteiger partial charge in [0.2, 0.25) is 5.89 Å². The van der Waals surface area contributed by atoms with E-state index in [4.69, 9.17) is 4.42 Å². The van der Waals surface area contributed by atoms with Crippen LogP contribution in [0.4, 0.5) is 0 Å². The molecule has 0 aliphatic heterocycles. The number of amides is 1. The van der Waals surface area contributed by atoms with Gasteiger partial charge in [-0.15, -0.1) is 0 Å². The Bertz CT molecular complexity index is 938. The molecule has 0 atom stereocenters. The lowest BCUT2D eigenvalue weighted by Gasteiger charge is -2.12. The fraction of sp³-hybridized carbons (Fsp3) is 0.304. The molecule has 0 spiro atoms. The van der Waals surface area contributed by atoms with Crippen LogP contribution in [0.25, 0.3) is 11.5 Å². The SMILES string of the molecule is CNCc1c(C)cc(C(=O)NCCc2nc(-c3ccccc3)oc2C)cc1C. The summed E-state index contributed by atoms with van der Waals surface area (Å²) in [5.41, 5.74) is 6.01. The quantitative estimate of drug-likeness (QED) is 0.654. The van der Waals surface area contributed by atoms with Crippen molar-refractivity contribution < 1.29 is 9.21 Å². The molecule has 1 heterocycles. The van der Waals surface area contributed by atoms with Crippen molar-refractivity contribution in [1.82, 2.24) is 15.6 Å². The number of carbonyl (C=O) groups is 1. The number of nitrogens with one attached hydrogen (secondary N) is 2. The Labute approximate surface area is 166 Å². The Morgan fingerprint density at radius 3 is 2.39 bits per heavy atom. The summed E-state index contributed by atoms with van der Waals surface area (Å²) in [5, 5.41) is 6.16. The Hall–Kier alpha value is -2.92.